The van der Waals surface area contributed by atoms with Crippen LogP contribution in [0, 0.1) is 5.82 Å². The maximum absolute atomic E-state index is 14.6. The average Bonchev–Trinajstić information content (AvgIpc) is 3.16. The van der Waals surface area contributed by atoms with Crippen LogP contribution in [0.1, 0.15) is 37.0 Å². The lowest BCUT2D eigenvalue weighted by molar-refractivity contribution is -0.118. The van der Waals surface area contributed by atoms with Crippen LogP contribution in [0.5, 0.6) is 0 Å². The van der Waals surface area contributed by atoms with Crippen LogP contribution >= 0.6 is 11.8 Å². The van der Waals surface area contributed by atoms with Crippen molar-refractivity contribution in [2.24, 2.45) is 0 Å². The molecule has 0 bridgehead atoms. The molecule has 1 N–H and O–H groups in total. The van der Waals surface area contributed by atoms with Gasteiger partial charge >= 0.3 is 0 Å². The van der Waals surface area contributed by atoms with Crippen LogP contribution in [0.15, 0.2) is 53.1 Å². The Balaban J connectivity index is 1.63. The highest BCUT2D eigenvalue weighted by Crippen LogP contribution is 2.29. The van der Waals surface area contributed by atoms with E-state index in [2.05, 4.69) is 15.5 Å². The number of aromatic nitrogens is 2. The van der Waals surface area contributed by atoms with Crippen LogP contribution < -0.4 is 5.32 Å². The largest absolute Gasteiger partial charge is 0.356 e. The topological polar surface area (TPSA) is 68.0 Å². The standard InChI is InChI=1S/C21H22FN3O2S/c1-14(21-24-20(25-27-21)13-28-11-10-23-15(2)26)17-8-9-18(19(22)12-17)16-6-4-3-5-7-16/h3-9,12,14H,10-11,13H2,1-2H3,(H,23,26). The van der Waals surface area contributed by atoms with Gasteiger partial charge in [0.25, 0.3) is 0 Å². The number of amides is 1. The van der Waals surface area contributed by atoms with Crippen LogP contribution in [-0.2, 0) is 10.5 Å². The molecule has 1 amide bonds. The number of hydrogen-bond donors (Lipinski definition) is 1. The highest BCUT2D eigenvalue weighted by atomic mass is 32.2. The van der Waals surface area contributed by atoms with Crippen molar-refractivity contribution in [1.29, 1.82) is 0 Å². The van der Waals surface area contributed by atoms with Gasteiger partial charge < -0.3 is 9.84 Å². The summed E-state index contributed by atoms with van der Waals surface area (Å²) in [5.74, 6) is 1.90. The maximum atomic E-state index is 14.6. The summed E-state index contributed by atoms with van der Waals surface area (Å²) >= 11 is 1.61. The van der Waals surface area contributed by atoms with Crippen molar-refractivity contribution in [3.05, 3.63) is 71.6 Å². The van der Waals surface area contributed by atoms with Crippen molar-refractivity contribution in [1.82, 2.24) is 15.5 Å². The Morgan fingerprint density at radius 2 is 2.04 bits per heavy atom. The summed E-state index contributed by atoms with van der Waals surface area (Å²) in [6.45, 7) is 4.01. The Bertz CT molecular complexity index is 930. The Kier molecular flexibility index (Phi) is 6.81. The molecule has 146 valence electrons. The lowest BCUT2D eigenvalue weighted by Crippen LogP contribution is -2.22. The van der Waals surface area contributed by atoms with Crippen molar-refractivity contribution in [2.45, 2.75) is 25.5 Å². The SMILES string of the molecule is CC(=O)NCCSCc1noc(C(C)c2ccc(-c3ccccc3)c(F)c2)n1. The van der Waals surface area contributed by atoms with E-state index in [0.29, 0.717) is 29.6 Å². The first kappa shape index (κ1) is 20.1. The van der Waals surface area contributed by atoms with E-state index in [-0.39, 0.29) is 17.6 Å². The minimum atomic E-state index is -0.274. The molecule has 0 spiro atoms. The Hall–Kier alpha value is -2.67. The molecule has 28 heavy (non-hydrogen) atoms. The van der Waals surface area contributed by atoms with Gasteiger partial charge in [-0.25, -0.2) is 4.39 Å². The third-order valence-corrected chi connectivity index (χ3v) is 5.24. The van der Waals surface area contributed by atoms with Gasteiger partial charge in [0.15, 0.2) is 5.82 Å². The Morgan fingerprint density at radius 1 is 1.25 bits per heavy atom. The van der Waals surface area contributed by atoms with Gasteiger partial charge in [0.1, 0.15) is 5.82 Å². The molecule has 2 aromatic carbocycles. The van der Waals surface area contributed by atoms with Crippen molar-refractivity contribution in [2.75, 3.05) is 12.3 Å². The van der Waals surface area contributed by atoms with Crippen LogP contribution in [0.2, 0.25) is 0 Å². The van der Waals surface area contributed by atoms with Gasteiger partial charge in [0.05, 0.1) is 11.7 Å². The zero-order chi connectivity index (χ0) is 19.9. The fraction of sp³-hybridized carbons (Fsp3) is 0.286. The number of benzene rings is 2. The molecule has 0 aliphatic heterocycles. The van der Waals surface area contributed by atoms with Gasteiger partial charge in [-0.15, -0.1) is 0 Å². The van der Waals surface area contributed by atoms with Gasteiger partial charge in [0.2, 0.25) is 11.8 Å². The molecule has 1 aromatic heterocycles. The second-order valence-corrected chi connectivity index (χ2v) is 7.52. The van der Waals surface area contributed by atoms with Crippen LogP contribution in [0.3, 0.4) is 0 Å². The zero-order valence-corrected chi connectivity index (χ0v) is 16.6. The summed E-state index contributed by atoms with van der Waals surface area (Å²) in [6.07, 6.45) is 0. The van der Waals surface area contributed by atoms with E-state index < -0.39 is 0 Å². The van der Waals surface area contributed by atoms with Crippen molar-refractivity contribution < 1.29 is 13.7 Å². The van der Waals surface area contributed by atoms with E-state index in [1.165, 1.54) is 13.0 Å². The predicted molar refractivity (Wildman–Crippen MR) is 108 cm³/mol. The maximum Gasteiger partial charge on any atom is 0.233 e. The number of carbonyl (C=O) groups is 1. The van der Waals surface area contributed by atoms with Crippen molar-refractivity contribution in [3.63, 3.8) is 0 Å². The molecule has 1 heterocycles. The number of hydrogen-bond acceptors (Lipinski definition) is 5. The summed E-state index contributed by atoms with van der Waals surface area (Å²) in [4.78, 5) is 15.2. The van der Waals surface area contributed by atoms with Crippen LogP contribution in [-0.4, -0.2) is 28.3 Å². The van der Waals surface area contributed by atoms with Crippen molar-refractivity contribution >= 4 is 17.7 Å². The number of nitrogens with zero attached hydrogens (tertiary/aromatic N) is 2. The molecule has 0 fully saturated rings. The summed E-state index contributed by atoms with van der Waals surface area (Å²) in [5.41, 5.74) is 2.19. The molecular formula is C21H22FN3O2S. The molecule has 3 rings (SSSR count). The lowest BCUT2D eigenvalue weighted by Gasteiger charge is -2.10. The number of carbonyl (C=O) groups excluding carboxylic acids is 1. The van der Waals surface area contributed by atoms with E-state index in [1.807, 2.05) is 43.3 Å². The van der Waals surface area contributed by atoms with E-state index in [1.54, 1.807) is 17.8 Å². The molecule has 1 unspecified atom stereocenters. The summed E-state index contributed by atoms with van der Waals surface area (Å²) in [5, 5.41) is 6.73. The predicted octanol–water partition coefficient (Wildman–Crippen LogP) is 4.40. The normalized spacial score (nSPS) is 12.0. The fourth-order valence-electron chi connectivity index (χ4n) is 2.76. The summed E-state index contributed by atoms with van der Waals surface area (Å²) in [6, 6.07) is 14.7. The quantitative estimate of drug-likeness (QED) is 0.569. The van der Waals surface area contributed by atoms with Gasteiger partial charge in [-0.2, -0.15) is 16.7 Å². The smallest absolute Gasteiger partial charge is 0.233 e. The van der Waals surface area contributed by atoms with Crippen molar-refractivity contribution in [3.8, 4) is 11.1 Å². The van der Waals surface area contributed by atoms with Gasteiger partial charge in [0, 0.05) is 24.8 Å². The molecule has 0 saturated heterocycles. The summed E-state index contributed by atoms with van der Waals surface area (Å²) < 4.78 is 20.0. The number of nitrogens with one attached hydrogen (secondary N) is 1. The first-order valence-corrected chi connectivity index (χ1v) is 10.2. The molecule has 0 radical (unpaired) electrons. The van der Waals surface area contributed by atoms with E-state index in [0.717, 1.165) is 16.9 Å². The van der Waals surface area contributed by atoms with Gasteiger partial charge in [-0.3, -0.25) is 4.79 Å². The average molecular weight is 399 g/mol. The number of thioether (sulfide) groups is 1. The summed E-state index contributed by atoms with van der Waals surface area (Å²) in [7, 11) is 0. The first-order valence-electron chi connectivity index (χ1n) is 9.04. The lowest BCUT2D eigenvalue weighted by atomic mass is 9.97. The molecule has 0 aliphatic carbocycles. The molecule has 3 aromatic rings. The Morgan fingerprint density at radius 3 is 2.75 bits per heavy atom. The number of halogens is 1. The van der Waals surface area contributed by atoms with Gasteiger partial charge in [-0.05, 0) is 24.1 Å². The third-order valence-electron chi connectivity index (χ3n) is 4.28. The molecule has 1 atom stereocenters. The van der Waals surface area contributed by atoms with Crippen LogP contribution in [0.4, 0.5) is 4.39 Å². The fourth-order valence-corrected chi connectivity index (χ4v) is 3.45. The number of rotatable bonds is 8. The van der Waals surface area contributed by atoms with Gasteiger partial charge in [-0.1, -0.05) is 47.6 Å². The first-order chi connectivity index (χ1) is 13.5. The third kappa shape index (κ3) is 5.19. The monoisotopic (exact) mass is 399 g/mol. The van der Waals surface area contributed by atoms with E-state index in [4.69, 9.17) is 4.52 Å². The molecule has 5 nitrogen and oxygen atoms in total. The molecular weight excluding hydrogens is 377 g/mol. The molecule has 7 heteroatoms. The zero-order valence-electron chi connectivity index (χ0n) is 15.8. The minimum Gasteiger partial charge on any atom is -0.356 e. The van der Waals surface area contributed by atoms with E-state index >= 15 is 0 Å². The highest BCUT2D eigenvalue weighted by Gasteiger charge is 2.18. The minimum absolute atomic E-state index is 0.0400. The second-order valence-electron chi connectivity index (χ2n) is 6.41. The molecule has 0 aliphatic rings. The second kappa shape index (κ2) is 9.50. The molecule has 0 saturated carbocycles. The Labute approximate surface area is 167 Å². The van der Waals surface area contributed by atoms with E-state index in [9.17, 15) is 9.18 Å². The highest BCUT2D eigenvalue weighted by molar-refractivity contribution is 7.98. The van der Waals surface area contributed by atoms with Crippen LogP contribution in [0.25, 0.3) is 11.1 Å².